The first-order valence-electron chi connectivity index (χ1n) is 6.06. The van der Waals surface area contributed by atoms with Crippen LogP contribution in [0.15, 0.2) is 17.1 Å². The molecule has 0 unspecified atom stereocenters. The van der Waals surface area contributed by atoms with Crippen molar-refractivity contribution < 1.29 is 0 Å². The Morgan fingerprint density at radius 1 is 1.00 bits per heavy atom. The zero-order valence-corrected chi connectivity index (χ0v) is 11.1. The Bertz CT molecular complexity index is 252. The number of rotatable bonds is 4. The summed E-state index contributed by atoms with van der Waals surface area (Å²) in [6.07, 6.45) is 8.68. The van der Waals surface area contributed by atoms with Gasteiger partial charge in [-0.1, -0.05) is 47.6 Å². The molecule has 1 heterocycles. The molecule has 1 rings (SSSR count). The van der Waals surface area contributed by atoms with E-state index < -0.39 is 0 Å². The summed E-state index contributed by atoms with van der Waals surface area (Å²) in [4.78, 5) is 4.82. The van der Waals surface area contributed by atoms with E-state index in [1.165, 1.54) is 0 Å². The lowest BCUT2D eigenvalue weighted by molar-refractivity contribution is 0.0738. The lowest BCUT2D eigenvalue weighted by Crippen LogP contribution is -2.51. The molecular formula is C14H25N. The molecule has 0 amide bonds. The minimum atomic E-state index is -0.0243. The van der Waals surface area contributed by atoms with Crippen molar-refractivity contribution in [1.29, 1.82) is 0 Å². The van der Waals surface area contributed by atoms with Crippen LogP contribution >= 0.6 is 0 Å². The molecule has 0 saturated heterocycles. The van der Waals surface area contributed by atoms with Gasteiger partial charge in [-0.3, -0.25) is 4.99 Å². The SMILES string of the molecule is CCC(C)(C)C1(C(C)(C)CC)C=CC=N1. The van der Waals surface area contributed by atoms with Crippen molar-refractivity contribution in [1.82, 2.24) is 0 Å². The third-order valence-electron chi connectivity index (χ3n) is 4.53. The summed E-state index contributed by atoms with van der Waals surface area (Å²) in [6, 6.07) is 0. The van der Waals surface area contributed by atoms with Crippen molar-refractivity contribution in [2.24, 2.45) is 15.8 Å². The largest absolute Gasteiger partial charge is 0.281 e. The third kappa shape index (κ3) is 1.66. The summed E-state index contributed by atoms with van der Waals surface area (Å²) in [7, 11) is 0. The molecule has 1 aliphatic rings. The van der Waals surface area contributed by atoms with E-state index in [1.807, 2.05) is 6.21 Å². The predicted octanol–water partition coefficient (Wildman–Crippen LogP) is 4.24. The molecule has 0 aromatic heterocycles. The Morgan fingerprint density at radius 3 is 1.73 bits per heavy atom. The Morgan fingerprint density at radius 2 is 1.47 bits per heavy atom. The smallest absolute Gasteiger partial charge is 0.0892 e. The van der Waals surface area contributed by atoms with Crippen LogP contribution in [-0.2, 0) is 0 Å². The molecule has 1 nitrogen and oxygen atoms in total. The van der Waals surface area contributed by atoms with Gasteiger partial charge in [0.2, 0.25) is 0 Å². The maximum absolute atomic E-state index is 4.82. The molecule has 0 spiro atoms. The Hall–Kier alpha value is -0.590. The molecule has 0 aromatic carbocycles. The van der Waals surface area contributed by atoms with Gasteiger partial charge in [-0.25, -0.2) is 0 Å². The Labute approximate surface area is 94.7 Å². The molecule has 0 atom stereocenters. The summed E-state index contributed by atoms with van der Waals surface area (Å²) < 4.78 is 0. The van der Waals surface area contributed by atoms with Crippen LogP contribution in [0.1, 0.15) is 54.4 Å². The van der Waals surface area contributed by atoms with Crippen LogP contribution < -0.4 is 0 Å². The molecule has 0 aromatic rings. The third-order valence-corrected chi connectivity index (χ3v) is 4.53. The maximum Gasteiger partial charge on any atom is 0.0892 e. The molecular weight excluding hydrogens is 182 g/mol. The van der Waals surface area contributed by atoms with Crippen molar-refractivity contribution in [3.05, 3.63) is 12.2 Å². The average molecular weight is 207 g/mol. The number of hydrogen-bond donors (Lipinski definition) is 0. The molecule has 0 bridgehead atoms. The summed E-state index contributed by atoms with van der Waals surface area (Å²) in [5.74, 6) is 0. The van der Waals surface area contributed by atoms with E-state index in [0.717, 1.165) is 12.8 Å². The van der Waals surface area contributed by atoms with E-state index >= 15 is 0 Å². The highest BCUT2D eigenvalue weighted by Gasteiger charge is 2.52. The first-order chi connectivity index (χ1) is 6.83. The van der Waals surface area contributed by atoms with Crippen molar-refractivity contribution in [3.8, 4) is 0 Å². The molecule has 15 heavy (non-hydrogen) atoms. The van der Waals surface area contributed by atoms with Crippen LogP contribution in [0.3, 0.4) is 0 Å². The molecule has 0 aliphatic carbocycles. The highest BCUT2D eigenvalue weighted by molar-refractivity contribution is 5.76. The second kappa shape index (κ2) is 3.77. The maximum atomic E-state index is 4.82. The zero-order valence-electron chi connectivity index (χ0n) is 11.1. The van der Waals surface area contributed by atoms with Gasteiger partial charge in [-0.2, -0.15) is 0 Å². The molecule has 0 fully saturated rings. The first-order valence-corrected chi connectivity index (χ1v) is 6.06. The van der Waals surface area contributed by atoms with Crippen molar-refractivity contribution in [3.63, 3.8) is 0 Å². The summed E-state index contributed by atoms with van der Waals surface area (Å²) in [5.41, 5.74) is 0.412. The standard InChI is InChI=1S/C14H25N/c1-7-12(3,4)14(10-9-11-15-14)13(5,6)8-2/h9-11H,7-8H2,1-6H3. The molecule has 1 heteroatoms. The topological polar surface area (TPSA) is 12.4 Å². The lowest BCUT2D eigenvalue weighted by atomic mass is 9.57. The number of aliphatic imine (C=N–C) groups is 1. The normalized spacial score (nSPS) is 19.9. The quantitative estimate of drug-likeness (QED) is 0.654. The summed E-state index contributed by atoms with van der Waals surface area (Å²) >= 11 is 0. The number of allylic oxidation sites excluding steroid dienone is 1. The fourth-order valence-electron chi connectivity index (χ4n) is 2.64. The molecule has 0 radical (unpaired) electrons. The van der Waals surface area contributed by atoms with Gasteiger partial charge >= 0.3 is 0 Å². The fourth-order valence-corrected chi connectivity index (χ4v) is 2.64. The van der Waals surface area contributed by atoms with Gasteiger partial charge in [-0.15, -0.1) is 0 Å². The van der Waals surface area contributed by atoms with E-state index in [9.17, 15) is 0 Å². The lowest BCUT2D eigenvalue weighted by Gasteiger charge is -2.50. The minimum Gasteiger partial charge on any atom is -0.281 e. The number of nitrogens with zero attached hydrogens (tertiary/aromatic N) is 1. The molecule has 0 N–H and O–H groups in total. The predicted molar refractivity (Wildman–Crippen MR) is 68.5 cm³/mol. The van der Waals surface area contributed by atoms with Gasteiger partial charge in [-0.05, 0) is 29.7 Å². The van der Waals surface area contributed by atoms with Crippen molar-refractivity contribution >= 4 is 6.21 Å². The zero-order chi connectivity index (χ0) is 11.7. The highest BCUT2D eigenvalue weighted by Crippen LogP contribution is 2.52. The highest BCUT2D eigenvalue weighted by atomic mass is 14.9. The second-order valence-corrected chi connectivity index (χ2v) is 5.88. The fraction of sp³-hybridized carbons (Fsp3) is 0.786. The van der Waals surface area contributed by atoms with Gasteiger partial charge < -0.3 is 0 Å². The van der Waals surface area contributed by atoms with E-state index in [4.69, 9.17) is 4.99 Å². The van der Waals surface area contributed by atoms with E-state index in [0.29, 0.717) is 0 Å². The van der Waals surface area contributed by atoms with Gasteiger partial charge in [0.05, 0.1) is 5.54 Å². The minimum absolute atomic E-state index is 0.0243. The monoisotopic (exact) mass is 207 g/mol. The van der Waals surface area contributed by atoms with Crippen molar-refractivity contribution in [2.45, 2.75) is 59.9 Å². The van der Waals surface area contributed by atoms with Crippen LogP contribution in [-0.4, -0.2) is 11.8 Å². The van der Waals surface area contributed by atoms with Crippen molar-refractivity contribution in [2.75, 3.05) is 0 Å². The van der Waals surface area contributed by atoms with Gasteiger partial charge in [0.1, 0.15) is 0 Å². The van der Waals surface area contributed by atoms with E-state index in [1.54, 1.807) is 0 Å². The van der Waals surface area contributed by atoms with Crippen LogP contribution in [0.25, 0.3) is 0 Å². The van der Waals surface area contributed by atoms with Crippen LogP contribution in [0.4, 0.5) is 0 Å². The van der Waals surface area contributed by atoms with Crippen LogP contribution in [0.5, 0.6) is 0 Å². The number of hydrogen-bond acceptors (Lipinski definition) is 1. The molecule has 86 valence electrons. The Balaban J connectivity index is 3.23. The Kier molecular flexibility index (Phi) is 3.14. The van der Waals surface area contributed by atoms with Crippen LogP contribution in [0, 0.1) is 10.8 Å². The molecule has 1 aliphatic heterocycles. The van der Waals surface area contributed by atoms with Gasteiger partial charge in [0.15, 0.2) is 0 Å². The summed E-state index contributed by atoms with van der Waals surface area (Å²) in [5, 5.41) is 0. The van der Waals surface area contributed by atoms with Gasteiger partial charge in [0, 0.05) is 6.21 Å². The molecule has 0 saturated carbocycles. The summed E-state index contributed by atoms with van der Waals surface area (Å²) in [6.45, 7) is 13.8. The first kappa shape index (κ1) is 12.5. The van der Waals surface area contributed by atoms with Crippen LogP contribution in [0.2, 0.25) is 0 Å². The van der Waals surface area contributed by atoms with E-state index in [2.05, 4.69) is 53.7 Å². The van der Waals surface area contributed by atoms with Gasteiger partial charge in [0.25, 0.3) is 0 Å². The second-order valence-electron chi connectivity index (χ2n) is 5.88. The average Bonchev–Trinajstić information content (AvgIpc) is 2.68. The van der Waals surface area contributed by atoms with E-state index in [-0.39, 0.29) is 16.4 Å².